The van der Waals surface area contributed by atoms with Crippen LogP contribution in [0.25, 0.3) is 0 Å². The standard InChI is InChI=1S/C16H24O2S/c1-2-3-13-19(17,18)14-16(11-7-8-12-16)15-9-5-4-6-10-15/h4-6,9-10H,2-3,7-8,11-14H2,1H3. The molecule has 1 aliphatic rings. The topological polar surface area (TPSA) is 34.1 Å². The van der Waals surface area contributed by atoms with Crippen molar-refractivity contribution in [2.75, 3.05) is 11.5 Å². The molecule has 1 saturated carbocycles. The molecule has 2 rings (SSSR count). The molecule has 0 radical (unpaired) electrons. The minimum absolute atomic E-state index is 0.117. The molecule has 1 aromatic rings. The van der Waals surface area contributed by atoms with Crippen molar-refractivity contribution in [1.29, 1.82) is 0 Å². The van der Waals surface area contributed by atoms with Gasteiger partial charge in [-0.05, 0) is 24.8 Å². The summed E-state index contributed by atoms with van der Waals surface area (Å²) in [5.74, 6) is 0.683. The Balaban J connectivity index is 2.22. The maximum Gasteiger partial charge on any atom is 0.151 e. The van der Waals surface area contributed by atoms with Crippen molar-refractivity contribution in [1.82, 2.24) is 0 Å². The van der Waals surface area contributed by atoms with Gasteiger partial charge in [0.15, 0.2) is 9.84 Å². The molecule has 19 heavy (non-hydrogen) atoms. The zero-order chi connectivity index (χ0) is 13.8. The summed E-state index contributed by atoms with van der Waals surface area (Å²) < 4.78 is 24.6. The summed E-state index contributed by atoms with van der Waals surface area (Å²) in [6.07, 6.45) is 6.06. The van der Waals surface area contributed by atoms with Gasteiger partial charge in [0.25, 0.3) is 0 Å². The van der Waals surface area contributed by atoms with Crippen molar-refractivity contribution in [3.63, 3.8) is 0 Å². The van der Waals surface area contributed by atoms with E-state index in [0.29, 0.717) is 11.5 Å². The Morgan fingerprint density at radius 2 is 1.74 bits per heavy atom. The number of hydrogen-bond donors (Lipinski definition) is 0. The third kappa shape index (κ3) is 3.59. The summed E-state index contributed by atoms with van der Waals surface area (Å²) in [5, 5.41) is 0. The van der Waals surface area contributed by atoms with Gasteiger partial charge in [-0.15, -0.1) is 0 Å². The Labute approximate surface area is 117 Å². The Hall–Kier alpha value is -0.830. The predicted molar refractivity (Wildman–Crippen MR) is 80.1 cm³/mol. The van der Waals surface area contributed by atoms with Crippen LogP contribution in [0.3, 0.4) is 0 Å². The second-order valence-electron chi connectivity index (χ2n) is 5.80. The molecule has 0 aromatic heterocycles. The quantitative estimate of drug-likeness (QED) is 0.796. The van der Waals surface area contributed by atoms with Gasteiger partial charge in [0, 0.05) is 5.41 Å². The average molecular weight is 280 g/mol. The summed E-state index contributed by atoms with van der Waals surface area (Å²) in [5.41, 5.74) is 1.10. The van der Waals surface area contributed by atoms with Crippen LogP contribution >= 0.6 is 0 Å². The fourth-order valence-electron chi connectivity index (χ4n) is 3.22. The van der Waals surface area contributed by atoms with E-state index in [0.717, 1.165) is 38.5 Å². The molecular weight excluding hydrogens is 256 g/mol. The summed E-state index contributed by atoms with van der Waals surface area (Å²) in [6, 6.07) is 10.2. The average Bonchev–Trinajstić information content (AvgIpc) is 2.86. The summed E-state index contributed by atoms with van der Waals surface area (Å²) in [6.45, 7) is 2.04. The van der Waals surface area contributed by atoms with Crippen molar-refractivity contribution in [2.45, 2.75) is 50.9 Å². The van der Waals surface area contributed by atoms with Gasteiger partial charge in [0.05, 0.1) is 11.5 Å². The molecule has 0 N–H and O–H groups in total. The molecule has 0 atom stereocenters. The molecule has 0 amide bonds. The maximum absolute atomic E-state index is 12.3. The molecule has 0 aliphatic heterocycles. The van der Waals surface area contributed by atoms with E-state index in [2.05, 4.69) is 12.1 Å². The van der Waals surface area contributed by atoms with Crippen LogP contribution in [-0.4, -0.2) is 19.9 Å². The van der Waals surface area contributed by atoms with Gasteiger partial charge in [-0.3, -0.25) is 0 Å². The summed E-state index contributed by atoms with van der Waals surface area (Å²) >= 11 is 0. The van der Waals surface area contributed by atoms with E-state index in [1.165, 1.54) is 5.56 Å². The first-order chi connectivity index (χ1) is 9.08. The van der Waals surface area contributed by atoms with Crippen LogP contribution in [0.15, 0.2) is 30.3 Å². The lowest BCUT2D eigenvalue weighted by Crippen LogP contribution is -2.33. The molecule has 1 aromatic carbocycles. The Kier molecular flexibility index (Phi) is 4.67. The number of hydrogen-bond acceptors (Lipinski definition) is 2. The lowest BCUT2D eigenvalue weighted by Gasteiger charge is -2.29. The van der Waals surface area contributed by atoms with Crippen LogP contribution in [0.1, 0.15) is 51.0 Å². The third-order valence-corrected chi connectivity index (χ3v) is 6.16. The molecule has 3 heteroatoms. The number of rotatable bonds is 6. The highest BCUT2D eigenvalue weighted by Crippen LogP contribution is 2.42. The van der Waals surface area contributed by atoms with Gasteiger partial charge in [-0.1, -0.05) is 56.5 Å². The first-order valence-electron chi connectivity index (χ1n) is 7.34. The van der Waals surface area contributed by atoms with Gasteiger partial charge >= 0.3 is 0 Å². The summed E-state index contributed by atoms with van der Waals surface area (Å²) in [4.78, 5) is 0. The van der Waals surface area contributed by atoms with Crippen LogP contribution in [0, 0.1) is 0 Å². The maximum atomic E-state index is 12.3. The fraction of sp³-hybridized carbons (Fsp3) is 0.625. The fourth-order valence-corrected chi connectivity index (χ4v) is 5.39. The normalized spacial score (nSPS) is 18.6. The van der Waals surface area contributed by atoms with Gasteiger partial charge in [-0.25, -0.2) is 8.42 Å². The van der Waals surface area contributed by atoms with Gasteiger partial charge in [-0.2, -0.15) is 0 Å². The van der Waals surface area contributed by atoms with Crippen molar-refractivity contribution in [2.24, 2.45) is 0 Å². The van der Waals surface area contributed by atoms with E-state index in [9.17, 15) is 8.42 Å². The second kappa shape index (κ2) is 6.08. The predicted octanol–water partition coefficient (Wildman–Crippen LogP) is 3.71. The van der Waals surface area contributed by atoms with Crippen LogP contribution in [0.2, 0.25) is 0 Å². The SMILES string of the molecule is CCCCS(=O)(=O)CC1(c2ccccc2)CCCC1. The number of unbranched alkanes of at least 4 members (excludes halogenated alkanes) is 1. The van der Waals surface area contributed by atoms with E-state index in [1.54, 1.807) is 0 Å². The van der Waals surface area contributed by atoms with E-state index >= 15 is 0 Å². The molecular formula is C16H24O2S. The minimum atomic E-state index is -2.93. The zero-order valence-electron chi connectivity index (χ0n) is 11.8. The third-order valence-electron chi connectivity index (χ3n) is 4.25. The molecule has 106 valence electrons. The van der Waals surface area contributed by atoms with Crippen LogP contribution < -0.4 is 0 Å². The van der Waals surface area contributed by atoms with Crippen molar-refractivity contribution < 1.29 is 8.42 Å². The second-order valence-corrected chi connectivity index (χ2v) is 7.98. The van der Waals surface area contributed by atoms with Gasteiger partial charge in [0.2, 0.25) is 0 Å². The molecule has 2 nitrogen and oxygen atoms in total. The van der Waals surface area contributed by atoms with E-state index in [1.807, 2.05) is 25.1 Å². The van der Waals surface area contributed by atoms with E-state index in [-0.39, 0.29) is 5.41 Å². The highest BCUT2D eigenvalue weighted by atomic mass is 32.2. The molecule has 0 unspecified atom stereocenters. The van der Waals surface area contributed by atoms with E-state index in [4.69, 9.17) is 0 Å². The molecule has 0 heterocycles. The molecule has 0 spiro atoms. The highest BCUT2D eigenvalue weighted by Gasteiger charge is 2.39. The largest absolute Gasteiger partial charge is 0.229 e. The molecule has 0 saturated heterocycles. The van der Waals surface area contributed by atoms with Crippen LogP contribution in [0.5, 0.6) is 0 Å². The smallest absolute Gasteiger partial charge is 0.151 e. The lowest BCUT2D eigenvalue weighted by molar-refractivity contribution is 0.480. The van der Waals surface area contributed by atoms with Crippen LogP contribution in [0.4, 0.5) is 0 Å². The lowest BCUT2D eigenvalue weighted by atomic mass is 9.81. The van der Waals surface area contributed by atoms with Crippen molar-refractivity contribution >= 4 is 9.84 Å². The molecule has 1 aliphatic carbocycles. The molecule has 1 fully saturated rings. The van der Waals surface area contributed by atoms with Crippen molar-refractivity contribution in [3.8, 4) is 0 Å². The van der Waals surface area contributed by atoms with Crippen LogP contribution in [-0.2, 0) is 15.3 Å². The Morgan fingerprint density at radius 3 is 2.32 bits per heavy atom. The summed E-state index contributed by atoms with van der Waals surface area (Å²) in [7, 11) is -2.93. The number of sulfone groups is 1. The minimum Gasteiger partial charge on any atom is -0.229 e. The monoisotopic (exact) mass is 280 g/mol. The molecule has 0 bridgehead atoms. The van der Waals surface area contributed by atoms with E-state index < -0.39 is 9.84 Å². The number of benzene rings is 1. The first kappa shape index (κ1) is 14.6. The zero-order valence-corrected chi connectivity index (χ0v) is 12.6. The Morgan fingerprint density at radius 1 is 1.11 bits per heavy atom. The van der Waals surface area contributed by atoms with Crippen molar-refractivity contribution in [3.05, 3.63) is 35.9 Å². The Bertz CT molecular complexity index is 485. The van der Waals surface area contributed by atoms with Gasteiger partial charge < -0.3 is 0 Å². The van der Waals surface area contributed by atoms with Gasteiger partial charge in [0.1, 0.15) is 0 Å². The first-order valence-corrected chi connectivity index (χ1v) is 9.16. The highest BCUT2D eigenvalue weighted by molar-refractivity contribution is 7.91.